The number of carbonyl (C=O) groups excluding carboxylic acids is 2. The van der Waals surface area contributed by atoms with Crippen molar-refractivity contribution in [1.29, 1.82) is 0 Å². The standard InChI is InChI=1S/C16H19F3O6S.C15H20O4.C4H8O/c1-12(25-26(21,22)16(17,18)19)15(8-5-9-23-11-15)14(20)24-10-13-6-3-2-4-7-13;1-12(16)15(8-5-9-18-11-15)14(17)19-10-13-6-3-2-4-7-13;1-2-4-5-3-1/h2-4,6-7,12H,5,8-11H2,1H3;2-4,6-7,12,16H,5,8-11H2,1H3;1-4H2. The van der Waals surface area contributed by atoms with Crippen LogP contribution in [0.15, 0.2) is 60.7 Å². The molecular weight excluding hydrogens is 685 g/mol. The van der Waals surface area contributed by atoms with Crippen LogP contribution >= 0.6 is 0 Å². The molecular formula is C35H47F3O11S. The van der Waals surface area contributed by atoms with Crippen LogP contribution in [0.3, 0.4) is 0 Å². The largest absolute Gasteiger partial charge is 0.523 e. The van der Waals surface area contributed by atoms with E-state index in [2.05, 4.69) is 4.18 Å². The van der Waals surface area contributed by atoms with Crippen molar-refractivity contribution in [2.24, 2.45) is 10.8 Å². The van der Waals surface area contributed by atoms with Crippen LogP contribution < -0.4 is 0 Å². The second-order valence-corrected chi connectivity index (χ2v) is 13.9. The number of benzene rings is 2. The molecule has 3 fully saturated rings. The molecule has 2 aromatic carbocycles. The second-order valence-electron chi connectivity index (χ2n) is 12.4. The molecule has 2 aromatic rings. The Morgan fingerprint density at radius 2 is 1.16 bits per heavy atom. The zero-order chi connectivity index (χ0) is 36.7. The SMILES string of the molecule is C1CCOC1.CC(O)C1(C(=O)OCc2ccccc2)CCCOC1.CC(OS(=O)(=O)C(F)(F)F)C1(C(=O)OCc2ccccc2)CCCOC1. The predicted molar refractivity (Wildman–Crippen MR) is 175 cm³/mol. The third-order valence-corrected chi connectivity index (χ3v) is 9.85. The van der Waals surface area contributed by atoms with Crippen LogP contribution in [0.25, 0.3) is 0 Å². The first-order valence-electron chi connectivity index (χ1n) is 16.6. The zero-order valence-electron chi connectivity index (χ0n) is 28.4. The van der Waals surface area contributed by atoms with Gasteiger partial charge in [0.2, 0.25) is 0 Å². The monoisotopic (exact) mass is 732 g/mol. The lowest BCUT2D eigenvalue weighted by atomic mass is 9.78. The van der Waals surface area contributed by atoms with Crippen molar-refractivity contribution in [1.82, 2.24) is 0 Å². The molecule has 0 radical (unpaired) electrons. The molecule has 280 valence electrons. The summed E-state index contributed by atoms with van der Waals surface area (Å²) in [4.78, 5) is 24.9. The number of aliphatic hydroxyl groups excluding tert-OH is 1. The molecule has 5 rings (SSSR count). The van der Waals surface area contributed by atoms with Gasteiger partial charge in [0.1, 0.15) is 24.0 Å². The fourth-order valence-electron chi connectivity index (χ4n) is 5.52. The maximum atomic E-state index is 12.6. The Morgan fingerprint density at radius 3 is 1.52 bits per heavy atom. The van der Waals surface area contributed by atoms with Crippen LogP contribution in [0.2, 0.25) is 0 Å². The maximum Gasteiger partial charge on any atom is 0.523 e. The number of ether oxygens (including phenoxy) is 5. The Bertz CT molecular complexity index is 1400. The van der Waals surface area contributed by atoms with E-state index in [-0.39, 0.29) is 38.8 Å². The van der Waals surface area contributed by atoms with Crippen LogP contribution in [0, 0.1) is 10.8 Å². The lowest BCUT2D eigenvalue weighted by Crippen LogP contribution is -2.50. The highest BCUT2D eigenvalue weighted by atomic mass is 32.2. The summed E-state index contributed by atoms with van der Waals surface area (Å²) in [5.41, 5.74) is -6.50. The van der Waals surface area contributed by atoms with Crippen molar-refractivity contribution in [3.05, 3.63) is 71.8 Å². The van der Waals surface area contributed by atoms with E-state index in [0.29, 0.717) is 31.6 Å². The molecule has 0 bridgehead atoms. The molecule has 0 aromatic heterocycles. The van der Waals surface area contributed by atoms with Crippen LogP contribution in [0.1, 0.15) is 63.5 Å². The molecule has 0 spiro atoms. The molecule has 3 aliphatic rings. The minimum atomic E-state index is -5.85. The Morgan fingerprint density at radius 1 is 0.740 bits per heavy atom. The van der Waals surface area contributed by atoms with E-state index in [9.17, 15) is 36.3 Å². The van der Waals surface area contributed by atoms with Gasteiger partial charge in [0.05, 0.1) is 25.4 Å². The number of hydrogen-bond acceptors (Lipinski definition) is 11. The van der Waals surface area contributed by atoms with E-state index in [1.165, 1.54) is 12.8 Å². The molecule has 3 heterocycles. The minimum absolute atomic E-state index is 0.0924. The van der Waals surface area contributed by atoms with Gasteiger partial charge in [0.25, 0.3) is 0 Å². The van der Waals surface area contributed by atoms with E-state index < -0.39 is 44.6 Å². The summed E-state index contributed by atoms with van der Waals surface area (Å²) < 4.78 is 90.8. The van der Waals surface area contributed by atoms with Crippen molar-refractivity contribution < 1.29 is 64.2 Å². The molecule has 0 saturated carbocycles. The van der Waals surface area contributed by atoms with Crippen LogP contribution in [0.4, 0.5) is 13.2 Å². The van der Waals surface area contributed by atoms with Crippen molar-refractivity contribution in [2.75, 3.05) is 39.6 Å². The number of halogens is 3. The van der Waals surface area contributed by atoms with Gasteiger partial charge in [-0.25, -0.2) is 0 Å². The molecule has 3 saturated heterocycles. The zero-order valence-corrected chi connectivity index (χ0v) is 29.2. The molecule has 0 amide bonds. The van der Waals surface area contributed by atoms with Gasteiger partial charge >= 0.3 is 27.6 Å². The third kappa shape index (κ3) is 11.7. The first-order valence-corrected chi connectivity index (χ1v) is 18.0. The van der Waals surface area contributed by atoms with Gasteiger partial charge in [-0.1, -0.05) is 60.7 Å². The highest BCUT2D eigenvalue weighted by Crippen LogP contribution is 2.39. The normalized spacial score (nSPS) is 23.6. The molecule has 4 unspecified atom stereocenters. The summed E-state index contributed by atoms with van der Waals surface area (Å²) in [6.45, 7) is 5.76. The van der Waals surface area contributed by atoms with Gasteiger partial charge in [0.15, 0.2) is 0 Å². The maximum absolute atomic E-state index is 12.6. The van der Waals surface area contributed by atoms with Crippen molar-refractivity contribution in [3.63, 3.8) is 0 Å². The Labute approximate surface area is 291 Å². The van der Waals surface area contributed by atoms with Crippen LogP contribution in [-0.2, 0) is 60.8 Å². The fraction of sp³-hybridized carbons (Fsp3) is 0.600. The molecule has 4 atom stereocenters. The number of aliphatic hydroxyl groups is 1. The predicted octanol–water partition coefficient (Wildman–Crippen LogP) is 5.49. The second kappa shape index (κ2) is 19.5. The molecule has 0 aliphatic carbocycles. The van der Waals surface area contributed by atoms with Gasteiger partial charge in [-0.15, -0.1) is 0 Å². The molecule has 11 nitrogen and oxygen atoms in total. The summed E-state index contributed by atoms with van der Waals surface area (Å²) in [5.74, 6) is -1.23. The molecule has 50 heavy (non-hydrogen) atoms. The van der Waals surface area contributed by atoms with Gasteiger partial charge in [-0.2, -0.15) is 21.6 Å². The van der Waals surface area contributed by atoms with Gasteiger partial charge < -0.3 is 28.8 Å². The van der Waals surface area contributed by atoms with Gasteiger partial charge in [-0.3, -0.25) is 13.8 Å². The Balaban J connectivity index is 0.000000245. The summed E-state index contributed by atoms with van der Waals surface area (Å²) in [7, 11) is -5.85. The minimum Gasteiger partial charge on any atom is -0.460 e. The van der Waals surface area contributed by atoms with E-state index in [4.69, 9.17) is 23.7 Å². The topological polar surface area (TPSA) is 144 Å². The average Bonchev–Trinajstić information content (AvgIpc) is 3.71. The Kier molecular flexibility index (Phi) is 16.1. The molecule has 15 heteroatoms. The Hall–Kier alpha value is -3.08. The number of esters is 2. The highest BCUT2D eigenvalue weighted by molar-refractivity contribution is 7.87. The molecule has 3 aliphatic heterocycles. The first-order chi connectivity index (χ1) is 23.7. The van der Waals surface area contributed by atoms with E-state index in [1.807, 2.05) is 30.3 Å². The quantitative estimate of drug-likeness (QED) is 0.188. The van der Waals surface area contributed by atoms with E-state index in [0.717, 1.165) is 32.1 Å². The smallest absolute Gasteiger partial charge is 0.460 e. The van der Waals surface area contributed by atoms with Gasteiger partial charge in [-0.05, 0) is 63.5 Å². The van der Waals surface area contributed by atoms with Crippen molar-refractivity contribution in [3.8, 4) is 0 Å². The lowest BCUT2D eigenvalue weighted by molar-refractivity contribution is -0.177. The van der Waals surface area contributed by atoms with Crippen molar-refractivity contribution in [2.45, 2.75) is 83.3 Å². The van der Waals surface area contributed by atoms with E-state index >= 15 is 0 Å². The molecule has 1 N–H and O–H groups in total. The first kappa shape index (κ1) is 41.3. The highest BCUT2D eigenvalue weighted by Gasteiger charge is 2.54. The third-order valence-electron chi connectivity index (χ3n) is 8.74. The summed E-state index contributed by atoms with van der Waals surface area (Å²) in [5, 5.41) is 9.91. The number of rotatable bonds is 10. The number of alkyl halides is 3. The van der Waals surface area contributed by atoms with E-state index in [1.54, 1.807) is 37.3 Å². The summed E-state index contributed by atoms with van der Waals surface area (Å²) in [6.07, 6.45) is 2.02. The van der Waals surface area contributed by atoms with Crippen molar-refractivity contribution >= 4 is 22.1 Å². The summed E-state index contributed by atoms with van der Waals surface area (Å²) in [6, 6.07) is 18.2. The fourth-order valence-corrected chi connectivity index (χ4v) is 6.19. The van der Waals surface area contributed by atoms with Crippen LogP contribution in [0.5, 0.6) is 0 Å². The number of carbonyl (C=O) groups is 2. The number of hydrogen-bond donors (Lipinski definition) is 1. The summed E-state index contributed by atoms with van der Waals surface area (Å²) >= 11 is 0. The van der Waals surface area contributed by atoms with Gasteiger partial charge in [0, 0.05) is 26.4 Å². The average molecular weight is 733 g/mol. The lowest BCUT2D eigenvalue weighted by Gasteiger charge is -2.38. The van der Waals surface area contributed by atoms with Crippen LogP contribution in [-0.4, -0.2) is 82.8 Å².